The van der Waals surface area contributed by atoms with Crippen LogP contribution in [0, 0.1) is 13.8 Å². The molecule has 33 heavy (non-hydrogen) atoms. The first-order valence-electron chi connectivity index (χ1n) is 11.1. The second-order valence-corrected chi connectivity index (χ2v) is 8.69. The number of anilines is 2. The Labute approximate surface area is 191 Å². The first-order valence-corrected chi connectivity index (χ1v) is 11.1. The zero-order valence-corrected chi connectivity index (χ0v) is 19.0. The van der Waals surface area contributed by atoms with Crippen LogP contribution in [-0.4, -0.2) is 39.9 Å². The van der Waals surface area contributed by atoms with Gasteiger partial charge >= 0.3 is 0 Å². The molecule has 0 saturated carbocycles. The Morgan fingerprint density at radius 3 is 2.64 bits per heavy atom. The van der Waals surface area contributed by atoms with Gasteiger partial charge in [-0.15, -0.1) is 0 Å². The molecule has 1 fully saturated rings. The van der Waals surface area contributed by atoms with Gasteiger partial charge in [0, 0.05) is 43.0 Å². The predicted octanol–water partition coefficient (Wildman–Crippen LogP) is 3.39. The van der Waals surface area contributed by atoms with Crippen molar-refractivity contribution < 1.29 is 13.9 Å². The van der Waals surface area contributed by atoms with Gasteiger partial charge in [0.25, 0.3) is 5.91 Å². The second-order valence-electron chi connectivity index (χ2n) is 8.69. The molecule has 0 spiro atoms. The van der Waals surface area contributed by atoms with Gasteiger partial charge in [0.2, 0.25) is 6.23 Å². The number of fused-ring (bicyclic) bond motifs is 1. The SMILES string of the molecule is Cc1cc(C2OC=C(C(N)=O)N2c2cc3c(C)nn(C)c3cc2N2CCC(F)CC2)ccn1. The number of aromatic nitrogens is 3. The molecule has 2 N–H and O–H groups in total. The van der Waals surface area contributed by atoms with Crippen molar-refractivity contribution in [1.29, 1.82) is 0 Å². The van der Waals surface area contributed by atoms with Gasteiger partial charge in [0.05, 0.1) is 22.6 Å². The average molecular weight is 451 g/mol. The van der Waals surface area contributed by atoms with Gasteiger partial charge in [-0.2, -0.15) is 5.10 Å². The number of nitrogens with zero attached hydrogens (tertiary/aromatic N) is 5. The van der Waals surface area contributed by atoms with Gasteiger partial charge in [-0.3, -0.25) is 19.4 Å². The monoisotopic (exact) mass is 450 g/mol. The summed E-state index contributed by atoms with van der Waals surface area (Å²) in [6.45, 7) is 5.03. The number of rotatable bonds is 4. The summed E-state index contributed by atoms with van der Waals surface area (Å²) in [5.74, 6) is -0.584. The van der Waals surface area contributed by atoms with Crippen LogP contribution in [0.2, 0.25) is 0 Å². The highest BCUT2D eigenvalue weighted by Crippen LogP contribution is 2.44. The Kier molecular flexibility index (Phi) is 5.19. The van der Waals surface area contributed by atoms with Crippen LogP contribution in [-0.2, 0) is 16.6 Å². The van der Waals surface area contributed by atoms with Crippen LogP contribution in [0.25, 0.3) is 10.9 Å². The summed E-state index contributed by atoms with van der Waals surface area (Å²) in [7, 11) is 1.91. The number of hydrogen-bond acceptors (Lipinski definition) is 6. The molecule has 1 amide bonds. The standard InChI is InChI=1S/C24H27FN6O2/c1-14-10-16(4-7-27-14)24-31(22(13-33-24)23(26)32)21-11-18-15(2)28-29(3)19(18)12-20(21)30-8-5-17(25)6-9-30/h4,7,10-13,17,24H,5-6,8-9H2,1-3H3,(H2,26,32). The van der Waals surface area contributed by atoms with Crippen LogP contribution in [0.1, 0.15) is 36.0 Å². The van der Waals surface area contributed by atoms with E-state index in [1.807, 2.05) is 48.7 Å². The van der Waals surface area contributed by atoms with Crippen LogP contribution in [0.3, 0.4) is 0 Å². The van der Waals surface area contributed by atoms with Gasteiger partial charge in [-0.25, -0.2) is 4.39 Å². The molecule has 4 heterocycles. The Hall–Kier alpha value is -3.62. The van der Waals surface area contributed by atoms with E-state index in [1.165, 1.54) is 6.26 Å². The third-order valence-corrected chi connectivity index (χ3v) is 6.42. The summed E-state index contributed by atoms with van der Waals surface area (Å²) in [6.07, 6.45) is 2.68. The lowest BCUT2D eigenvalue weighted by molar-refractivity contribution is -0.114. The average Bonchev–Trinajstić information content (AvgIpc) is 3.35. The number of halogens is 1. The molecular formula is C24H27FN6O2. The van der Waals surface area contributed by atoms with Gasteiger partial charge in [0.1, 0.15) is 18.1 Å². The van der Waals surface area contributed by atoms with E-state index in [-0.39, 0.29) is 5.70 Å². The molecule has 0 radical (unpaired) electrons. The van der Waals surface area contributed by atoms with Crippen molar-refractivity contribution in [3.63, 3.8) is 0 Å². The third-order valence-electron chi connectivity index (χ3n) is 6.42. The summed E-state index contributed by atoms with van der Waals surface area (Å²) in [6, 6.07) is 7.89. The molecule has 1 aromatic carbocycles. The molecule has 5 rings (SSSR count). The van der Waals surface area contributed by atoms with E-state index >= 15 is 0 Å². The van der Waals surface area contributed by atoms with Crippen molar-refractivity contribution >= 4 is 28.2 Å². The number of piperidine rings is 1. The van der Waals surface area contributed by atoms with Crippen LogP contribution >= 0.6 is 0 Å². The molecular weight excluding hydrogens is 423 g/mol. The number of nitrogens with two attached hydrogens (primary N) is 1. The van der Waals surface area contributed by atoms with Gasteiger partial charge in [-0.05, 0) is 51.0 Å². The van der Waals surface area contributed by atoms with Crippen LogP contribution in [0.5, 0.6) is 0 Å². The first-order chi connectivity index (χ1) is 15.8. The predicted molar refractivity (Wildman–Crippen MR) is 124 cm³/mol. The fraction of sp³-hybridized carbons (Fsp3) is 0.375. The normalized spacial score (nSPS) is 19.2. The Bertz CT molecular complexity index is 1260. The summed E-state index contributed by atoms with van der Waals surface area (Å²) in [5.41, 5.74) is 11.2. The molecule has 0 bridgehead atoms. The maximum absolute atomic E-state index is 13.9. The lowest BCUT2D eigenvalue weighted by Crippen LogP contribution is -2.37. The minimum absolute atomic E-state index is 0.261. The van der Waals surface area contributed by atoms with E-state index in [4.69, 9.17) is 10.5 Å². The number of aryl methyl sites for hydroxylation is 3. The molecule has 2 aliphatic rings. The Morgan fingerprint density at radius 1 is 1.18 bits per heavy atom. The maximum atomic E-state index is 13.9. The number of carbonyl (C=O) groups excluding carboxylic acids is 1. The van der Waals surface area contributed by atoms with Crippen LogP contribution < -0.4 is 15.5 Å². The number of primary amides is 1. The smallest absolute Gasteiger partial charge is 0.268 e. The number of alkyl halides is 1. The van der Waals surface area contributed by atoms with E-state index in [2.05, 4.69) is 21.0 Å². The van der Waals surface area contributed by atoms with E-state index < -0.39 is 18.3 Å². The highest BCUT2D eigenvalue weighted by Gasteiger charge is 2.36. The molecule has 9 heteroatoms. The third kappa shape index (κ3) is 3.67. The number of carbonyl (C=O) groups is 1. The van der Waals surface area contributed by atoms with Crippen molar-refractivity contribution in [2.75, 3.05) is 22.9 Å². The highest BCUT2D eigenvalue weighted by molar-refractivity contribution is 6.00. The number of hydrogen-bond donors (Lipinski definition) is 1. The van der Waals surface area contributed by atoms with Crippen LogP contribution in [0.4, 0.5) is 15.8 Å². The van der Waals surface area contributed by atoms with Gasteiger partial charge in [-0.1, -0.05) is 0 Å². The Morgan fingerprint density at radius 2 is 1.94 bits per heavy atom. The number of pyridine rings is 1. The van der Waals surface area contributed by atoms with Gasteiger partial charge < -0.3 is 15.4 Å². The maximum Gasteiger partial charge on any atom is 0.268 e. The highest BCUT2D eigenvalue weighted by atomic mass is 19.1. The first kappa shape index (κ1) is 21.2. The zero-order valence-electron chi connectivity index (χ0n) is 19.0. The second kappa shape index (κ2) is 8.06. The molecule has 1 atom stereocenters. The fourth-order valence-electron chi connectivity index (χ4n) is 4.75. The Balaban J connectivity index is 1.71. The number of amides is 1. The van der Waals surface area contributed by atoms with Crippen molar-refractivity contribution in [2.45, 2.75) is 39.1 Å². The van der Waals surface area contributed by atoms with Crippen LogP contribution in [0.15, 0.2) is 42.4 Å². The quantitative estimate of drug-likeness (QED) is 0.656. The van der Waals surface area contributed by atoms with Crippen molar-refractivity contribution in [2.24, 2.45) is 12.8 Å². The molecule has 2 aliphatic heterocycles. The molecule has 0 aliphatic carbocycles. The molecule has 1 unspecified atom stereocenters. The molecule has 1 saturated heterocycles. The lowest BCUT2D eigenvalue weighted by atomic mass is 10.0. The summed E-state index contributed by atoms with van der Waals surface area (Å²) in [4.78, 5) is 20.7. The fourth-order valence-corrected chi connectivity index (χ4v) is 4.75. The van der Waals surface area contributed by atoms with Crippen molar-refractivity contribution in [3.05, 3.63) is 59.4 Å². The van der Waals surface area contributed by atoms with E-state index in [0.29, 0.717) is 25.9 Å². The van der Waals surface area contributed by atoms with E-state index in [0.717, 1.165) is 39.2 Å². The topological polar surface area (TPSA) is 89.5 Å². The zero-order chi connectivity index (χ0) is 23.3. The van der Waals surface area contributed by atoms with Gasteiger partial charge in [0.15, 0.2) is 0 Å². The minimum atomic E-state index is -0.795. The van der Waals surface area contributed by atoms with E-state index in [9.17, 15) is 9.18 Å². The lowest BCUT2D eigenvalue weighted by Gasteiger charge is -2.36. The largest absolute Gasteiger partial charge is 0.471 e. The van der Waals surface area contributed by atoms with Crippen molar-refractivity contribution in [3.8, 4) is 0 Å². The molecule has 2 aromatic heterocycles. The molecule has 172 valence electrons. The number of ether oxygens (including phenoxy) is 1. The number of benzene rings is 1. The summed E-state index contributed by atoms with van der Waals surface area (Å²) in [5, 5.41) is 5.54. The summed E-state index contributed by atoms with van der Waals surface area (Å²) >= 11 is 0. The summed E-state index contributed by atoms with van der Waals surface area (Å²) < 4.78 is 21.8. The molecule has 3 aromatic rings. The molecule has 8 nitrogen and oxygen atoms in total. The van der Waals surface area contributed by atoms with Crippen molar-refractivity contribution in [1.82, 2.24) is 14.8 Å². The van der Waals surface area contributed by atoms with E-state index in [1.54, 1.807) is 6.20 Å². The minimum Gasteiger partial charge on any atom is -0.471 e.